The minimum atomic E-state index is -0.236. The summed E-state index contributed by atoms with van der Waals surface area (Å²) in [5, 5.41) is 9.71. The van der Waals surface area contributed by atoms with Crippen LogP contribution >= 0.6 is 0 Å². The first-order valence-electron chi connectivity index (χ1n) is 15.2. The Morgan fingerprint density at radius 1 is 1.09 bits per heavy atom. The molecular weight excluding hydrogens is 538 g/mol. The number of carbonyl (C=O) groups excluding carboxylic acids is 1. The van der Waals surface area contributed by atoms with E-state index < -0.39 is 0 Å². The van der Waals surface area contributed by atoms with Gasteiger partial charge in [-0.1, -0.05) is 43.7 Å². The molecule has 1 amide bonds. The van der Waals surface area contributed by atoms with Crippen LogP contribution in [0.25, 0.3) is 11.3 Å². The SMILES string of the molecule is CCCCc1ccccc1C(=O)Nc1cccc(-c2cn(C)c(=O)c(Nc3ccc(OCC4CCCNC4)cc3)n2)c1C. The molecule has 3 N–H and O–H groups in total. The zero-order valence-corrected chi connectivity index (χ0v) is 25.3. The molecule has 0 radical (unpaired) electrons. The molecule has 2 heterocycles. The average Bonchev–Trinajstić information content (AvgIpc) is 3.03. The Labute approximate surface area is 253 Å². The Balaban J connectivity index is 1.32. The van der Waals surface area contributed by atoms with Gasteiger partial charge in [-0.3, -0.25) is 9.59 Å². The molecule has 1 aromatic heterocycles. The summed E-state index contributed by atoms with van der Waals surface area (Å²) in [5.41, 5.74) is 5.28. The number of amides is 1. The van der Waals surface area contributed by atoms with Gasteiger partial charge in [-0.25, -0.2) is 4.98 Å². The summed E-state index contributed by atoms with van der Waals surface area (Å²) in [7, 11) is 1.71. The molecule has 8 heteroatoms. The van der Waals surface area contributed by atoms with Crippen LogP contribution in [0.4, 0.5) is 17.2 Å². The van der Waals surface area contributed by atoms with E-state index in [-0.39, 0.29) is 17.3 Å². The number of unbranched alkanes of at least 4 members (excludes halogenated alkanes) is 1. The molecule has 0 bridgehead atoms. The number of piperidine rings is 1. The van der Waals surface area contributed by atoms with Gasteiger partial charge < -0.3 is 25.3 Å². The number of ether oxygens (including phenoxy) is 1. The lowest BCUT2D eigenvalue weighted by Crippen LogP contribution is -2.33. The van der Waals surface area contributed by atoms with Gasteiger partial charge in [0, 0.05) is 48.2 Å². The van der Waals surface area contributed by atoms with E-state index in [1.54, 1.807) is 13.2 Å². The van der Waals surface area contributed by atoms with Gasteiger partial charge in [-0.15, -0.1) is 0 Å². The zero-order valence-electron chi connectivity index (χ0n) is 25.3. The quantitative estimate of drug-likeness (QED) is 0.188. The molecule has 1 aliphatic rings. The molecule has 4 aromatic rings. The lowest BCUT2D eigenvalue weighted by atomic mass is 10.0. The van der Waals surface area contributed by atoms with E-state index in [0.717, 1.165) is 60.5 Å². The molecule has 1 unspecified atom stereocenters. The van der Waals surface area contributed by atoms with Gasteiger partial charge in [0.25, 0.3) is 11.5 Å². The number of nitrogens with one attached hydrogen (secondary N) is 3. The molecule has 1 saturated heterocycles. The standard InChI is InChI=1S/C35H41N5O3/c1-4-5-11-26-12-6-7-13-30(26)34(41)39-31-15-8-14-29(24(31)2)32-22-40(3)35(42)33(38-32)37-27-16-18-28(19-17-27)43-23-25-10-9-20-36-21-25/h6-8,12-19,22,25,36H,4-5,9-11,20-21,23H2,1-3H3,(H,37,38)(H,39,41). The monoisotopic (exact) mass is 579 g/mol. The molecule has 8 nitrogen and oxygen atoms in total. The van der Waals surface area contributed by atoms with Crippen LogP contribution in [-0.4, -0.2) is 35.2 Å². The number of aryl methyl sites for hydroxylation is 2. The van der Waals surface area contributed by atoms with Crippen molar-refractivity contribution < 1.29 is 9.53 Å². The predicted molar refractivity (Wildman–Crippen MR) is 173 cm³/mol. The number of rotatable bonds is 11. The highest BCUT2D eigenvalue weighted by Gasteiger charge is 2.17. The molecule has 3 aromatic carbocycles. The summed E-state index contributed by atoms with van der Waals surface area (Å²) in [6.45, 7) is 6.87. The number of anilines is 3. The van der Waals surface area contributed by atoms with Crippen LogP contribution in [0.3, 0.4) is 0 Å². The minimum absolute atomic E-state index is 0.134. The van der Waals surface area contributed by atoms with Crippen LogP contribution in [0, 0.1) is 12.8 Å². The normalized spacial score (nSPS) is 14.7. The molecule has 224 valence electrons. The second-order valence-electron chi connectivity index (χ2n) is 11.3. The molecule has 0 aliphatic carbocycles. The van der Waals surface area contributed by atoms with Crippen LogP contribution in [0.2, 0.25) is 0 Å². The van der Waals surface area contributed by atoms with Gasteiger partial charge in [0.2, 0.25) is 0 Å². The van der Waals surface area contributed by atoms with Gasteiger partial charge in [0.1, 0.15) is 5.75 Å². The number of carbonyl (C=O) groups is 1. The van der Waals surface area contributed by atoms with Crippen molar-refractivity contribution in [2.45, 2.75) is 46.0 Å². The summed E-state index contributed by atoms with van der Waals surface area (Å²) < 4.78 is 7.52. The summed E-state index contributed by atoms with van der Waals surface area (Å²) in [6.07, 6.45) is 7.05. The van der Waals surface area contributed by atoms with E-state index >= 15 is 0 Å². The molecule has 5 rings (SSSR count). The zero-order chi connectivity index (χ0) is 30.2. The Bertz CT molecular complexity index is 1610. The third-order valence-electron chi connectivity index (χ3n) is 7.99. The van der Waals surface area contributed by atoms with Crippen molar-refractivity contribution in [2.75, 3.05) is 30.3 Å². The van der Waals surface area contributed by atoms with Crippen molar-refractivity contribution in [2.24, 2.45) is 13.0 Å². The van der Waals surface area contributed by atoms with E-state index in [0.29, 0.717) is 29.5 Å². The van der Waals surface area contributed by atoms with E-state index in [1.165, 1.54) is 17.4 Å². The van der Waals surface area contributed by atoms with Crippen LogP contribution < -0.4 is 26.2 Å². The van der Waals surface area contributed by atoms with Gasteiger partial charge >= 0.3 is 0 Å². The highest BCUT2D eigenvalue weighted by molar-refractivity contribution is 6.06. The Morgan fingerprint density at radius 2 is 1.91 bits per heavy atom. The number of aromatic nitrogens is 2. The van der Waals surface area contributed by atoms with E-state index in [9.17, 15) is 9.59 Å². The molecular formula is C35H41N5O3. The Kier molecular flexibility index (Phi) is 9.89. The highest BCUT2D eigenvalue weighted by atomic mass is 16.5. The van der Waals surface area contributed by atoms with Crippen molar-refractivity contribution in [3.05, 3.63) is 100.0 Å². The van der Waals surface area contributed by atoms with Crippen LogP contribution in [0.5, 0.6) is 5.75 Å². The van der Waals surface area contributed by atoms with Gasteiger partial charge in [0.05, 0.1) is 12.3 Å². The Hall–Kier alpha value is -4.43. The summed E-state index contributed by atoms with van der Waals surface area (Å²) in [4.78, 5) is 31.0. The van der Waals surface area contributed by atoms with Crippen molar-refractivity contribution >= 4 is 23.1 Å². The molecule has 43 heavy (non-hydrogen) atoms. The minimum Gasteiger partial charge on any atom is -0.493 e. The third-order valence-corrected chi connectivity index (χ3v) is 7.99. The summed E-state index contributed by atoms with van der Waals surface area (Å²) in [6, 6.07) is 21.1. The van der Waals surface area contributed by atoms with Crippen molar-refractivity contribution in [3.63, 3.8) is 0 Å². The molecule has 1 atom stereocenters. The van der Waals surface area contributed by atoms with Crippen molar-refractivity contribution in [3.8, 4) is 17.0 Å². The smallest absolute Gasteiger partial charge is 0.293 e. The Morgan fingerprint density at radius 3 is 2.67 bits per heavy atom. The van der Waals surface area contributed by atoms with Gasteiger partial charge in [0.15, 0.2) is 5.82 Å². The van der Waals surface area contributed by atoms with Gasteiger partial charge in [-0.2, -0.15) is 0 Å². The number of hydrogen-bond donors (Lipinski definition) is 3. The fourth-order valence-corrected chi connectivity index (χ4v) is 5.43. The predicted octanol–water partition coefficient (Wildman–Crippen LogP) is 6.47. The lowest BCUT2D eigenvalue weighted by molar-refractivity contribution is 0.102. The van der Waals surface area contributed by atoms with Crippen molar-refractivity contribution in [1.29, 1.82) is 0 Å². The third kappa shape index (κ3) is 7.51. The maximum Gasteiger partial charge on any atom is 0.293 e. The van der Waals surface area contributed by atoms with E-state index in [1.807, 2.05) is 73.7 Å². The summed E-state index contributed by atoms with van der Waals surface area (Å²) >= 11 is 0. The second kappa shape index (κ2) is 14.2. The van der Waals surface area contributed by atoms with Gasteiger partial charge in [-0.05, 0) is 86.7 Å². The van der Waals surface area contributed by atoms with Crippen molar-refractivity contribution in [1.82, 2.24) is 14.9 Å². The largest absolute Gasteiger partial charge is 0.493 e. The van der Waals surface area contributed by atoms with Crippen LogP contribution in [0.15, 0.2) is 77.7 Å². The second-order valence-corrected chi connectivity index (χ2v) is 11.3. The molecule has 1 aliphatic heterocycles. The number of hydrogen-bond acceptors (Lipinski definition) is 6. The average molecular weight is 580 g/mol. The lowest BCUT2D eigenvalue weighted by Gasteiger charge is -2.22. The molecule has 1 fully saturated rings. The number of benzene rings is 3. The topological polar surface area (TPSA) is 97.3 Å². The van der Waals surface area contributed by atoms with Crippen LogP contribution in [0.1, 0.15) is 54.1 Å². The molecule has 0 saturated carbocycles. The first kappa shape index (κ1) is 30.0. The maximum atomic E-state index is 13.3. The maximum absolute atomic E-state index is 13.3. The van der Waals surface area contributed by atoms with Crippen LogP contribution in [-0.2, 0) is 13.5 Å². The number of nitrogens with zero attached hydrogens (tertiary/aromatic N) is 2. The van der Waals surface area contributed by atoms with E-state index in [2.05, 4.69) is 22.9 Å². The fourth-order valence-electron chi connectivity index (χ4n) is 5.43. The van der Waals surface area contributed by atoms with E-state index in [4.69, 9.17) is 9.72 Å². The first-order chi connectivity index (χ1) is 20.9. The molecule has 0 spiro atoms. The summed E-state index contributed by atoms with van der Waals surface area (Å²) in [5.74, 6) is 1.41. The fraction of sp³-hybridized carbons (Fsp3) is 0.343. The first-order valence-corrected chi connectivity index (χ1v) is 15.2. The highest BCUT2D eigenvalue weighted by Crippen LogP contribution is 2.29.